The summed E-state index contributed by atoms with van der Waals surface area (Å²) >= 11 is 9.03. The fraction of sp³-hybridized carbons (Fsp3) is 0.455. The van der Waals surface area contributed by atoms with Crippen molar-refractivity contribution in [3.8, 4) is 5.75 Å². The number of hydrogen-bond donors (Lipinski definition) is 2. The van der Waals surface area contributed by atoms with Crippen LogP contribution in [0.5, 0.6) is 5.75 Å². The molecule has 1 atom stereocenters. The van der Waals surface area contributed by atoms with Crippen LogP contribution in [0.1, 0.15) is 41.9 Å². The summed E-state index contributed by atoms with van der Waals surface area (Å²) in [7, 11) is 1.46. The van der Waals surface area contributed by atoms with E-state index in [9.17, 15) is 19.1 Å². The van der Waals surface area contributed by atoms with Gasteiger partial charge in [0.25, 0.3) is 5.91 Å². The maximum Gasteiger partial charge on any atom is 0.272 e. The minimum absolute atomic E-state index is 0.00934. The predicted octanol–water partition coefficient (Wildman–Crippen LogP) is 3.67. The van der Waals surface area contributed by atoms with Gasteiger partial charge in [-0.1, -0.05) is 31.0 Å². The van der Waals surface area contributed by atoms with Gasteiger partial charge in [0.15, 0.2) is 11.4 Å². The van der Waals surface area contributed by atoms with E-state index in [0.29, 0.717) is 12.0 Å². The van der Waals surface area contributed by atoms with Gasteiger partial charge in [0.05, 0.1) is 35.4 Å². The third-order valence-electron chi connectivity index (χ3n) is 4.66. The molecule has 0 saturated carbocycles. The summed E-state index contributed by atoms with van der Waals surface area (Å²) in [6.07, 6.45) is 2.93. The molecule has 2 aromatic rings. The topological polar surface area (TPSA) is 99.0 Å². The van der Waals surface area contributed by atoms with E-state index in [4.69, 9.17) is 25.8 Å². The smallest absolute Gasteiger partial charge is 0.272 e. The Balaban J connectivity index is 2.44. The number of hydrogen-bond acceptors (Lipinski definition) is 6. The van der Waals surface area contributed by atoms with Crippen molar-refractivity contribution in [1.29, 1.82) is 0 Å². The van der Waals surface area contributed by atoms with Gasteiger partial charge >= 0.3 is 0 Å². The highest BCUT2D eigenvalue weighted by atomic mass is 79.9. The van der Waals surface area contributed by atoms with Crippen LogP contribution in [-0.4, -0.2) is 49.3 Å². The van der Waals surface area contributed by atoms with E-state index < -0.39 is 23.2 Å². The number of carbonyl (C=O) groups excluding carboxylic acids is 1. The molecule has 1 amide bonds. The summed E-state index contributed by atoms with van der Waals surface area (Å²) in [4.78, 5) is 26.1. The van der Waals surface area contributed by atoms with Crippen LogP contribution in [0.3, 0.4) is 0 Å². The van der Waals surface area contributed by atoms with Crippen molar-refractivity contribution in [2.45, 2.75) is 32.4 Å². The number of aliphatic hydroxyl groups is 1. The second-order valence-corrected chi connectivity index (χ2v) is 8.40. The molecule has 1 aromatic carbocycles. The summed E-state index contributed by atoms with van der Waals surface area (Å²) < 4.78 is 31.0. The fourth-order valence-electron chi connectivity index (χ4n) is 2.94. The van der Waals surface area contributed by atoms with Crippen molar-refractivity contribution in [3.63, 3.8) is 0 Å². The lowest BCUT2D eigenvalue weighted by atomic mass is 10.2. The quantitative estimate of drug-likeness (QED) is 0.292. The highest BCUT2D eigenvalue weighted by Gasteiger charge is 2.26. The van der Waals surface area contributed by atoms with Crippen LogP contribution in [-0.2, 0) is 16.0 Å². The zero-order chi connectivity index (χ0) is 24.4. The zero-order valence-electron chi connectivity index (χ0n) is 18.4. The second-order valence-electron chi connectivity index (χ2n) is 7.14. The van der Waals surface area contributed by atoms with E-state index >= 15 is 0 Å². The molecular formula is C22H27BrClFN2O6. The molecule has 2 rings (SSSR count). The van der Waals surface area contributed by atoms with E-state index in [-0.39, 0.29) is 54.1 Å². The van der Waals surface area contributed by atoms with Gasteiger partial charge in [-0.15, -0.1) is 0 Å². The van der Waals surface area contributed by atoms with Crippen LogP contribution in [0.25, 0.3) is 0 Å². The number of halogens is 3. The number of aliphatic hydroxyl groups excluding tert-OH is 1. The standard InChI is InChI=1S/C22H27BrClFN2O6/c1-3-4-7-33-21-19(22(30)26-9-14-5-6-18(25)17(24)8-14)27(10-16(23)20(21)29)15(11-28)12-32-13-31-2/h5-6,8,10,15,28H,3-4,7,9,11-13H2,1-2H3,(H,26,30). The second kappa shape index (κ2) is 13.7. The monoisotopic (exact) mass is 548 g/mol. The van der Waals surface area contributed by atoms with Crippen LogP contribution >= 0.6 is 27.5 Å². The Hall–Kier alpha value is -1.98. The number of unbranched alkanes of at least 4 members (excludes halogenated alkanes) is 1. The molecule has 0 aliphatic carbocycles. The lowest BCUT2D eigenvalue weighted by Crippen LogP contribution is -2.33. The number of amides is 1. The third-order valence-corrected chi connectivity index (χ3v) is 5.52. The van der Waals surface area contributed by atoms with Crippen molar-refractivity contribution in [3.05, 3.63) is 61.2 Å². The molecular weight excluding hydrogens is 523 g/mol. The first-order valence-electron chi connectivity index (χ1n) is 10.3. The lowest BCUT2D eigenvalue weighted by Gasteiger charge is -2.24. The van der Waals surface area contributed by atoms with Gasteiger partial charge in [0.2, 0.25) is 5.43 Å². The molecule has 0 radical (unpaired) electrons. The Morgan fingerprint density at radius 2 is 2.15 bits per heavy atom. The number of carbonyl (C=O) groups is 1. The number of pyridine rings is 1. The van der Waals surface area contributed by atoms with Crippen molar-refractivity contribution >= 4 is 33.4 Å². The SMILES string of the molecule is CCCCOc1c(C(=O)NCc2ccc(F)c(Cl)c2)n(C(CO)COCOC)cc(Br)c1=O. The molecule has 1 aromatic heterocycles. The molecule has 0 saturated heterocycles. The summed E-state index contributed by atoms with van der Waals surface area (Å²) in [6, 6.07) is 3.39. The molecule has 182 valence electrons. The highest BCUT2D eigenvalue weighted by Crippen LogP contribution is 2.23. The first-order valence-corrected chi connectivity index (χ1v) is 11.5. The first-order chi connectivity index (χ1) is 15.8. The lowest BCUT2D eigenvalue weighted by molar-refractivity contribution is -0.0470. The number of methoxy groups -OCH3 is 1. The van der Waals surface area contributed by atoms with Crippen LogP contribution in [0.15, 0.2) is 33.7 Å². The summed E-state index contributed by atoms with van der Waals surface area (Å²) in [5.41, 5.74) is 0.00996. The molecule has 0 fully saturated rings. The van der Waals surface area contributed by atoms with Gasteiger partial charge in [0, 0.05) is 19.9 Å². The van der Waals surface area contributed by atoms with Crippen molar-refractivity contribution in [2.24, 2.45) is 0 Å². The van der Waals surface area contributed by atoms with E-state index in [1.54, 1.807) is 0 Å². The van der Waals surface area contributed by atoms with Crippen molar-refractivity contribution < 1.29 is 28.5 Å². The summed E-state index contributed by atoms with van der Waals surface area (Å²) in [6.45, 7) is 1.87. The minimum Gasteiger partial charge on any atom is -0.487 e. The first kappa shape index (κ1) is 27.3. The van der Waals surface area contributed by atoms with Gasteiger partial charge in [-0.2, -0.15) is 0 Å². The predicted molar refractivity (Wildman–Crippen MR) is 125 cm³/mol. The number of aromatic nitrogens is 1. The number of benzene rings is 1. The van der Waals surface area contributed by atoms with Gasteiger partial charge < -0.3 is 29.2 Å². The van der Waals surface area contributed by atoms with Gasteiger partial charge in [-0.3, -0.25) is 9.59 Å². The minimum atomic E-state index is -0.702. The maximum absolute atomic E-state index is 13.4. The number of nitrogens with zero attached hydrogens (tertiary/aromatic N) is 1. The summed E-state index contributed by atoms with van der Waals surface area (Å²) in [5, 5.41) is 12.6. The number of ether oxygens (including phenoxy) is 3. The maximum atomic E-state index is 13.4. The van der Waals surface area contributed by atoms with Crippen LogP contribution in [0, 0.1) is 5.82 Å². The van der Waals surface area contributed by atoms with E-state index in [1.165, 1.54) is 36.1 Å². The van der Waals surface area contributed by atoms with E-state index in [0.717, 1.165) is 6.42 Å². The largest absolute Gasteiger partial charge is 0.487 e. The zero-order valence-corrected chi connectivity index (χ0v) is 20.7. The molecule has 0 bridgehead atoms. The Kier molecular flexibility index (Phi) is 11.3. The van der Waals surface area contributed by atoms with E-state index in [2.05, 4.69) is 21.2 Å². The van der Waals surface area contributed by atoms with Crippen molar-refractivity contribution in [1.82, 2.24) is 9.88 Å². The Bertz CT molecular complexity index is 1000. The molecule has 2 N–H and O–H groups in total. The third kappa shape index (κ3) is 7.51. The van der Waals surface area contributed by atoms with Gasteiger partial charge in [-0.05, 0) is 40.0 Å². The average molecular weight is 550 g/mol. The van der Waals surface area contributed by atoms with Gasteiger partial charge in [-0.25, -0.2) is 4.39 Å². The molecule has 33 heavy (non-hydrogen) atoms. The van der Waals surface area contributed by atoms with Crippen molar-refractivity contribution in [2.75, 3.05) is 33.7 Å². The van der Waals surface area contributed by atoms with E-state index in [1.807, 2.05) is 6.92 Å². The number of rotatable bonds is 13. The average Bonchev–Trinajstić information content (AvgIpc) is 2.80. The molecule has 0 aliphatic rings. The molecule has 11 heteroatoms. The van der Waals surface area contributed by atoms with Crippen LogP contribution < -0.4 is 15.5 Å². The summed E-state index contributed by atoms with van der Waals surface area (Å²) in [5.74, 6) is -1.32. The van der Waals surface area contributed by atoms with Crippen LogP contribution in [0.2, 0.25) is 5.02 Å². The number of nitrogens with one attached hydrogen (secondary N) is 1. The Morgan fingerprint density at radius 3 is 2.79 bits per heavy atom. The molecule has 1 heterocycles. The molecule has 8 nitrogen and oxygen atoms in total. The fourth-order valence-corrected chi connectivity index (χ4v) is 3.55. The molecule has 1 unspecified atom stereocenters. The molecule has 0 spiro atoms. The molecule has 0 aliphatic heterocycles. The Morgan fingerprint density at radius 1 is 1.39 bits per heavy atom. The van der Waals surface area contributed by atoms with Gasteiger partial charge in [0.1, 0.15) is 12.6 Å². The Labute approximate surface area is 204 Å². The normalized spacial score (nSPS) is 11.9. The highest BCUT2D eigenvalue weighted by molar-refractivity contribution is 9.10. The van der Waals surface area contributed by atoms with Crippen LogP contribution in [0.4, 0.5) is 4.39 Å².